The Labute approximate surface area is 97.6 Å². The zero-order chi connectivity index (χ0) is 10.8. The van der Waals surface area contributed by atoms with Crippen molar-refractivity contribution in [3.05, 3.63) is 35.4 Å². The molecule has 2 heterocycles. The standard InChI is InChI=1S/C14H20N2/c1-4-8-16(9-5-1)14-11-15-10-12-6-2-3-7-13(12)14/h2-3,6-7,14-15H,1,4-5,8-11H2/t14-/m1/s1. The molecule has 1 aromatic carbocycles. The fourth-order valence-corrected chi connectivity index (χ4v) is 3.03. The van der Waals surface area contributed by atoms with E-state index in [4.69, 9.17) is 0 Å². The van der Waals surface area contributed by atoms with Crippen LogP contribution < -0.4 is 5.32 Å². The Kier molecular flexibility index (Phi) is 2.94. The molecule has 0 bridgehead atoms. The maximum Gasteiger partial charge on any atom is 0.0476 e. The quantitative estimate of drug-likeness (QED) is 0.775. The van der Waals surface area contributed by atoms with Crippen molar-refractivity contribution in [1.82, 2.24) is 10.2 Å². The SMILES string of the molecule is c1ccc2c(c1)CNC[C@H]2N1CCCCC1. The summed E-state index contributed by atoms with van der Waals surface area (Å²) in [7, 11) is 0. The first-order valence-corrected chi connectivity index (χ1v) is 6.48. The van der Waals surface area contributed by atoms with Crippen LogP contribution in [0.1, 0.15) is 36.4 Å². The average molecular weight is 216 g/mol. The topological polar surface area (TPSA) is 15.3 Å². The maximum absolute atomic E-state index is 3.55. The molecule has 1 fully saturated rings. The molecule has 0 spiro atoms. The molecular formula is C14H20N2. The van der Waals surface area contributed by atoms with Gasteiger partial charge in [0.2, 0.25) is 0 Å². The highest BCUT2D eigenvalue weighted by atomic mass is 15.2. The van der Waals surface area contributed by atoms with Crippen molar-refractivity contribution in [2.45, 2.75) is 31.8 Å². The third-order valence-electron chi connectivity index (χ3n) is 3.90. The summed E-state index contributed by atoms with van der Waals surface area (Å²) >= 11 is 0. The molecule has 2 heteroatoms. The third kappa shape index (κ3) is 1.87. The summed E-state index contributed by atoms with van der Waals surface area (Å²) in [5.41, 5.74) is 3.05. The van der Waals surface area contributed by atoms with E-state index in [1.165, 1.54) is 37.9 Å². The van der Waals surface area contributed by atoms with Crippen LogP contribution in [0.3, 0.4) is 0 Å². The van der Waals surface area contributed by atoms with Crippen LogP contribution in [-0.4, -0.2) is 24.5 Å². The lowest BCUT2D eigenvalue weighted by Crippen LogP contribution is -2.42. The van der Waals surface area contributed by atoms with Gasteiger partial charge in [-0.3, -0.25) is 4.90 Å². The first kappa shape index (κ1) is 10.3. The van der Waals surface area contributed by atoms with Gasteiger partial charge in [-0.1, -0.05) is 30.7 Å². The van der Waals surface area contributed by atoms with Crippen LogP contribution in [0.2, 0.25) is 0 Å². The van der Waals surface area contributed by atoms with E-state index in [1.807, 2.05) is 0 Å². The number of benzene rings is 1. The van der Waals surface area contributed by atoms with E-state index in [1.54, 1.807) is 5.56 Å². The van der Waals surface area contributed by atoms with Gasteiger partial charge in [0.15, 0.2) is 0 Å². The number of fused-ring (bicyclic) bond motifs is 1. The lowest BCUT2D eigenvalue weighted by Gasteiger charge is -2.38. The zero-order valence-corrected chi connectivity index (χ0v) is 9.78. The summed E-state index contributed by atoms with van der Waals surface area (Å²) in [5.74, 6) is 0. The van der Waals surface area contributed by atoms with Crippen molar-refractivity contribution < 1.29 is 0 Å². The monoisotopic (exact) mass is 216 g/mol. The Morgan fingerprint density at radius 2 is 1.88 bits per heavy atom. The number of hydrogen-bond acceptors (Lipinski definition) is 2. The smallest absolute Gasteiger partial charge is 0.0476 e. The van der Waals surface area contributed by atoms with Gasteiger partial charge in [-0.25, -0.2) is 0 Å². The number of nitrogens with zero attached hydrogens (tertiary/aromatic N) is 1. The van der Waals surface area contributed by atoms with Crippen molar-refractivity contribution in [1.29, 1.82) is 0 Å². The highest BCUT2D eigenvalue weighted by molar-refractivity contribution is 5.32. The van der Waals surface area contributed by atoms with Gasteiger partial charge in [0, 0.05) is 19.1 Å². The maximum atomic E-state index is 3.55. The van der Waals surface area contributed by atoms with E-state index in [2.05, 4.69) is 34.5 Å². The van der Waals surface area contributed by atoms with Crippen LogP contribution in [0.5, 0.6) is 0 Å². The largest absolute Gasteiger partial charge is 0.311 e. The van der Waals surface area contributed by atoms with Gasteiger partial charge in [0.1, 0.15) is 0 Å². The van der Waals surface area contributed by atoms with Gasteiger partial charge in [0.05, 0.1) is 0 Å². The van der Waals surface area contributed by atoms with E-state index in [0.717, 1.165) is 13.1 Å². The second-order valence-corrected chi connectivity index (χ2v) is 4.94. The molecule has 16 heavy (non-hydrogen) atoms. The first-order chi connectivity index (χ1) is 7.95. The van der Waals surface area contributed by atoms with Gasteiger partial charge >= 0.3 is 0 Å². The number of likely N-dealkylation sites (tertiary alicyclic amines) is 1. The Balaban J connectivity index is 1.86. The van der Waals surface area contributed by atoms with Gasteiger partial charge in [0.25, 0.3) is 0 Å². The van der Waals surface area contributed by atoms with Crippen LogP contribution in [0.15, 0.2) is 24.3 Å². The van der Waals surface area contributed by atoms with Crippen LogP contribution in [0.4, 0.5) is 0 Å². The summed E-state index contributed by atoms with van der Waals surface area (Å²) in [6.45, 7) is 4.72. The number of rotatable bonds is 1. The summed E-state index contributed by atoms with van der Waals surface area (Å²) < 4.78 is 0. The predicted octanol–water partition coefficient (Wildman–Crippen LogP) is 2.32. The highest BCUT2D eigenvalue weighted by Crippen LogP contribution is 2.29. The molecule has 2 aliphatic rings. The van der Waals surface area contributed by atoms with Crippen LogP contribution >= 0.6 is 0 Å². The zero-order valence-electron chi connectivity index (χ0n) is 9.78. The number of piperidine rings is 1. The minimum atomic E-state index is 0.616. The van der Waals surface area contributed by atoms with E-state index >= 15 is 0 Å². The molecule has 2 nitrogen and oxygen atoms in total. The lowest BCUT2D eigenvalue weighted by molar-refractivity contribution is 0.154. The van der Waals surface area contributed by atoms with Crippen molar-refractivity contribution in [2.24, 2.45) is 0 Å². The summed E-state index contributed by atoms with van der Waals surface area (Å²) in [6, 6.07) is 9.53. The summed E-state index contributed by atoms with van der Waals surface area (Å²) in [5, 5.41) is 3.55. The fraction of sp³-hybridized carbons (Fsp3) is 0.571. The Morgan fingerprint density at radius 1 is 1.06 bits per heavy atom. The summed E-state index contributed by atoms with van der Waals surface area (Å²) in [4.78, 5) is 2.66. The fourth-order valence-electron chi connectivity index (χ4n) is 3.03. The lowest BCUT2D eigenvalue weighted by atomic mass is 9.94. The van der Waals surface area contributed by atoms with E-state index in [9.17, 15) is 0 Å². The van der Waals surface area contributed by atoms with Crippen molar-refractivity contribution >= 4 is 0 Å². The molecule has 0 saturated carbocycles. The second-order valence-electron chi connectivity index (χ2n) is 4.94. The average Bonchev–Trinajstić information content (AvgIpc) is 2.39. The molecule has 0 radical (unpaired) electrons. The minimum Gasteiger partial charge on any atom is -0.311 e. The summed E-state index contributed by atoms with van der Waals surface area (Å²) in [6.07, 6.45) is 4.16. The van der Waals surface area contributed by atoms with Gasteiger partial charge < -0.3 is 5.32 Å². The van der Waals surface area contributed by atoms with E-state index in [0.29, 0.717) is 6.04 Å². The first-order valence-electron chi connectivity index (χ1n) is 6.48. The predicted molar refractivity (Wildman–Crippen MR) is 66.3 cm³/mol. The number of hydrogen-bond donors (Lipinski definition) is 1. The van der Waals surface area contributed by atoms with E-state index in [-0.39, 0.29) is 0 Å². The molecule has 1 N–H and O–H groups in total. The Hall–Kier alpha value is -0.860. The van der Waals surface area contributed by atoms with Gasteiger partial charge in [-0.2, -0.15) is 0 Å². The van der Waals surface area contributed by atoms with Gasteiger partial charge in [-0.15, -0.1) is 0 Å². The molecule has 86 valence electrons. The van der Waals surface area contributed by atoms with Crippen molar-refractivity contribution in [3.63, 3.8) is 0 Å². The molecular weight excluding hydrogens is 196 g/mol. The molecule has 1 aromatic rings. The minimum absolute atomic E-state index is 0.616. The Bertz CT molecular complexity index is 356. The molecule has 3 rings (SSSR count). The van der Waals surface area contributed by atoms with Crippen LogP contribution in [0.25, 0.3) is 0 Å². The molecule has 0 unspecified atom stereocenters. The molecule has 0 amide bonds. The Morgan fingerprint density at radius 3 is 2.75 bits per heavy atom. The molecule has 1 atom stereocenters. The normalized spacial score (nSPS) is 26.4. The second kappa shape index (κ2) is 4.56. The molecule has 0 aromatic heterocycles. The van der Waals surface area contributed by atoms with Crippen molar-refractivity contribution in [3.8, 4) is 0 Å². The number of nitrogens with one attached hydrogen (secondary N) is 1. The molecule has 1 saturated heterocycles. The van der Waals surface area contributed by atoms with Gasteiger partial charge in [-0.05, 0) is 37.1 Å². The van der Waals surface area contributed by atoms with E-state index < -0.39 is 0 Å². The van der Waals surface area contributed by atoms with Crippen molar-refractivity contribution in [2.75, 3.05) is 19.6 Å². The molecule has 2 aliphatic heterocycles. The third-order valence-corrected chi connectivity index (χ3v) is 3.90. The van der Waals surface area contributed by atoms with Crippen LogP contribution in [-0.2, 0) is 6.54 Å². The molecule has 0 aliphatic carbocycles. The highest BCUT2D eigenvalue weighted by Gasteiger charge is 2.26. The van der Waals surface area contributed by atoms with Crippen LogP contribution in [0, 0.1) is 0 Å².